The summed E-state index contributed by atoms with van der Waals surface area (Å²) in [5, 5.41) is 8.83. The molecule has 1 aliphatic rings. The fourth-order valence-electron chi connectivity index (χ4n) is 2.82. The Morgan fingerprint density at radius 2 is 2.10 bits per heavy atom. The molecule has 0 unspecified atom stereocenters. The number of hydrogen-bond acceptors (Lipinski definition) is 3. The molecule has 0 aliphatic carbocycles. The van der Waals surface area contributed by atoms with Crippen LogP contribution in [-0.4, -0.2) is 35.8 Å². The third kappa shape index (κ3) is 5.38. The molecule has 1 aromatic rings. The molecule has 0 aromatic heterocycles. The van der Waals surface area contributed by atoms with Crippen molar-refractivity contribution in [2.75, 3.05) is 19.7 Å². The van der Waals surface area contributed by atoms with Crippen LogP contribution in [0.25, 0.3) is 0 Å². The monoisotopic (exact) mass is 291 g/mol. The first-order valence-corrected chi connectivity index (χ1v) is 7.86. The second kappa shape index (κ2) is 8.67. The van der Waals surface area contributed by atoms with Crippen molar-refractivity contribution >= 4 is 6.09 Å². The van der Waals surface area contributed by atoms with E-state index in [0.29, 0.717) is 12.5 Å². The number of ether oxygens (including phenoxy) is 1. The maximum atomic E-state index is 12.1. The molecule has 4 nitrogen and oxygen atoms in total. The second-order valence-electron chi connectivity index (χ2n) is 5.71. The molecular formula is C17H25NO3. The summed E-state index contributed by atoms with van der Waals surface area (Å²) >= 11 is 0. The number of aliphatic hydroxyl groups is 1. The molecule has 0 spiro atoms. The number of unbranched alkanes of at least 4 members (excludes halogenated alkanes) is 1. The number of nitrogens with zero attached hydrogens (tertiary/aromatic N) is 1. The van der Waals surface area contributed by atoms with Crippen LogP contribution in [0.15, 0.2) is 30.3 Å². The standard InChI is InChI=1S/C17H25NO3/c19-12-5-4-7-15-10-6-11-18(13-15)17(20)21-14-16-8-2-1-3-9-16/h1-3,8-9,15,19H,4-7,10-14H2/t15-/m1/s1. The average molecular weight is 291 g/mol. The van der Waals surface area contributed by atoms with Crippen molar-refractivity contribution in [2.45, 2.75) is 38.7 Å². The van der Waals surface area contributed by atoms with Gasteiger partial charge in [-0.1, -0.05) is 36.8 Å². The maximum absolute atomic E-state index is 12.1. The van der Waals surface area contributed by atoms with Crippen LogP contribution in [0.5, 0.6) is 0 Å². The molecule has 0 radical (unpaired) electrons. The van der Waals surface area contributed by atoms with Crippen LogP contribution in [0.4, 0.5) is 4.79 Å². The Hall–Kier alpha value is -1.55. The summed E-state index contributed by atoms with van der Waals surface area (Å²) in [6.07, 6.45) is 5.00. The van der Waals surface area contributed by atoms with Gasteiger partial charge in [0.25, 0.3) is 0 Å². The van der Waals surface area contributed by atoms with E-state index in [1.54, 1.807) is 0 Å². The molecule has 0 bridgehead atoms. The zero-order chi connectivity index (χ0) is 14.9. The van der Waals surface area contributed by atoms with E-state index >= 15 is 0 Å². The van der Waals surface area contributed by atoms with Gasteiger partial charge in [-0.2, -0.15) is 0 Å². The number of aliphatic hydroxyl groups excluding tert-OH is 1. The lowest BCUT2D eigenvalue weighted by Gasteiger charge is -2.32. The molecule has 2 rings (SSSR count). The summed E-state index contributed by atoms with van der Waals surface area (Å²) in [5.74, 6) is 0.551. The summed E-state index contributed by atoms with van der Waals surface area (Å²) in [5.41, 5.74) is 1.02. The van der Waals surface area contributed by atoms with E-state index in [2.05, 4.69) is 0 Å². The number of amides is 1. The topological polar surface area (TPSA) is 49.8 Å². The lowest BCUT2D eigenvalue weighted by Crippen LogP contribution is -2.40. The molecule has 1 N–H and O–H groups in total. The van der Waals surface area contributed by atoms with Gasteiger partial charge in [0, 0.05) is 19.7 Å². The predicted octanol–water partition coefficient (Wildman–Crippen LogP) is 3.20. The Morgan fingerprint density at radius 3 is 2.86 bits per heavy atom. The minimum absolute atomic E-state index is 0.203. The normalized spacial score (nSPS) is 18.5. The van der Waals surface area contributed by atoms with E-state index in [1.165, 1.54) is 6.42 Å². The zero-order valence-electron chi connectivity index (χ0n) is 12.5. The zero-order valence-corrected chi connectivity index (χ0v) is 12.5. The van der Waals surface area contributed by atoms with Crippen LogP contribution in [0.3, 0.4) is 0 Å². The second-order valence-corrected chi connectivity index (χ2v) is 5.71. The van der Waals surface area contributed by atoms with Crippen LogP contribution < -0.4 is 0 Å². The van der Waals surface area contributed by atoms with Crippen LogP contribution in [0, 0.1) is 5.92 Å². The van der Waals surface area contributed by atoms with Crippen molar-refractivity contribution in [1.82, 2.24) is 4.90 Å². The van der Waals surface area contributed by atoms with Gasteiger partial charge in [0.15, 0.2) is 0 Å². The van der Waals surface area contributed by atoms with Crippen LogP contribution in [0.2, 0.25) is 0 Å². The van der Waals surface area contributed by atoms with Gasteiger partial charge in [0.2, 0.25) is 0 Å². The van der Waals surface area contributed by atoms with Crippen LogP contribution in [0.1, 0.15) is 37.7 Å². The van der Waals surface area contributed by atoms with Gasteiger partial charge in [0.1, 0.15) is 6.61 Å². The third-order valence-electron chi connectivity index (χ3n) is 4.00. The number of benzene rings is 1. The highest BCUT2D eigenvalue weighted by atomic mass is 16.6. The van der Waals surface area contributed by atoms with E-state index in [9.17, 15) is 4.79 Å². The average Bonchev–Trinajstić information content (AvgIpc) is 2.54. The Balaban J connectivity index is 1.74. The molecule has 0 saturated carbocycles. The molecule has 4 heteroatoms. The van der Waals surface area contributed by atoms with Gasteiger partial charge in [-0.05, 0) is 37.2 Å². The van der Waals surface area contributed by atoms with Gasteiger partial charge in [-0.15, -0.1) is 0 Å². The highest BCUT2D eigenvalue weighted by Gasteiger charge is 2.24. The summed E-state index contributed by atoms with van der Waals surface area (Å²) in [6, 6.07) is 9.76. The summed E-state index contributed by atoms with van der Waals surface area (Å²) in [7, 11) is 0. The first kappa shape index (κ1) is 15.8. The van der Waals surface area contributed by atoms with Gasteiger partial charge in [0.05, 0.1) is 0 Å². The number of rotatable bonds is 6. The van der Waals surface area contributed by atoms with Crippen LogP contribution >= 0.6 is 0 Å². The molecule has 1 saturated heterocycles. The van der Waals surface area contributed by atoms with E-state index in [-0.39, 0.29) is 12.7 Å². The fourth-order valence-corrected chi connectivity index (χ4v) is 2.82. The van der Waals surface area contributed by atoms with Gasteiger partial charge >= 0.3 is 6.09 Å². The van der Waals surface area contributed by atoms with Gasteiger partial charge in [-0.3, -0.25) is 0 Å². The highest BCUT2D eigenvalue weighted by molar-refractivity contribution is 5.67. The summed E-state index contributed by atoms with van der Waals surface area (Å²) in [6.45, 7) is 2.18. The van der Waals surface area contributed by atoms with Crippen molar-refractivity contribution < 1.29 is 14.6 Å². The van der Waals surface area contributed by atoms with E-state index in [4.69, 9.17) is 9.84 Å². The molecule has 1 atom stereocenters. The first-order valence-electron chi connectivity index (χ1n) is 7.86. The number of carbonyl (C=O) groups excluding carboxylic acids is 1. The predicted molar refractivity (Wildman–Crippen MR) is 81.9 cm³/mol. The minimum atomic E-state index is -0.203. The van der Waals surface area contributed by atoms with Crippen molar-refractivity contribution in [3.05, 3.63) is 35.9 Å². The largest absolute Gasteiger partial charge is 0.445 e. The smallest absolute Gasteiger partial charge is 0.410 e. The van der Waals surface area contributed by atoms with E-state index < -0.39 is 0 Å². The lowest BCUT2D eigenvalue weighted by molar-refractivity contribution is 0.0774. The Bertz CT molecular complexity index is 421. The summed E-state index contributed by atoms with van der Waals surface area (Å²) in [4.78, 5) is 13.9. The van der Waals surface area contributed by atoms with Gasteiger partial charge in [-0.25, -0.2) is 4.79 Å². The lowest BCUT2D eigenvalue weighted by atomic mass is 9.93. The molecule has 116 valence electrons. The van der Waals surface area contributed by atoms with Crippen molar-refractivity contribution in [1.29, 1.82) is 0 Å². The fraction of sp³-hybridized carbons (Fsp3) is 0.588. The number of hydrogen-bond donors (Lipinski definition) is 1. The molecular weight excluding hydrogens is 266 g/mol. The Labute approximate surface area is 126 Å². The highest BCUT2D eigenvalue weighted by Crippen LogP contribution is 2.22. The molecule has 1 aromatic carbocycles. The van der Waals surface area contributed by atoms with Crippen molar-refractivity contribution in [3.63, 3.8) is 0 Å². The third-order valence-corrected chi connectivity index (χ3v) is 4.00. The SMILES string of the molecule is O=C(OCc1ccccc1)N1CCC[C@@H](CCCCO)C1. The number of piperidine rings is 1. The van der Waals surface area contributed by atoms with E-state index in [0.717, 1.165) is 44.3 Å². The molecule has 1 amide bonds. The van der Waals surface area contributed by atoms with Crippen molar-refractivity contribution in [3.8, 4) is 0 Å². The molecule has 1 fully saturated rings. The summed E-state index contributed by atoms with van der Waals surface area (Å²) < 4.78 is 5.39. The molecule has 21 heavy (non-hydrogen) atoms. The maximum Gasteiger partial charge on any atom is 0.410 e. The Morgan fingerprint density at radius 1 is 1.29 bits per heavy atom. The minimum Gasteiger partial charge on any atom is -0.445 e. The van der Waals surface area contributed by atoms with Crippen molar-refractivity contribution in [2.24, 2.45) is 5.92 Å². The molecule has 1 heterocycles. The first-order chi connectivity index (χ1) is 10.3. The quantitative estimate of drug-likeness (QED) is 0.819. The Kier molecular flexibility index (Phi) is 6.54. The van der Waals surface area contributed by atoms with E-state index in [1.807, 2.05) is 35.2 Å². The van der Waals surface area contributed by atoms with Gasteiger partial charge < -0.3 is 14.7 Å². The number of carbonyl (C=O) groups is 1. The number of likely N-dealkylation sites (tertiary alicyclic amines) is 1. The molecule has 1 aliphatic heterocycles. The van der Waals surface area contributed by atoms with Crippen LogP contribution in [-0.2, 0) is 11.3 Å².